The number of hydrogen-bond acceptors (Lipinski definition) is 5. The van der Waals surface area contributed by atoms with Gasteiger partial charge in [-0.15, -0.1) is 10.2 Å². The first-order valence-corrected chi connectivity index (χ1v) is 7.22. The predicted octanol–water partition coefficient (Wildman–Crippen LogP) is 1.53. The molecule has 7 heteroatoms. The Bertz CT molecular complexity index is 773. The van der Waals surface area contributed by atoms with Crippen LogP contribution in [0.25, 0.3) is 11.0 Å². The zero-order valence-electron chi connectivity index (χ0n) is 11.9. The molecule has 108 valence electrons. The van der Waals surface area contributed by atoms with Crippen molar-refractivity contribution in [2.24, 2.45) is 5.92 Å². The predicted molar refractivity (Wildman–Crippen MR) is 78.9 cm³/mol. The van der Waals surface area contributed by atoms with E-state index in [9.17, 15) is 0 Å². The number of nitrogens with one attached hydrogen (secondary N) is 2. The first kappa shape index (κ1) is 12.3. The number of rotatable bonds is 3. The van der Waals surface area contributed by atoms with Crippen molar-refractivity contribution in [2.75, 3.05) is 11.9 Å². The van der Waals surface area contributed by atoms with Crippen LogP contribution < -0.4 is 5.32 Å². The molecule has 3 aromatic heterocycles. The molecule has 1 aliphatic heterocycles. The quantitative estimate of drug-likeness (QED) is 0.761. The van der Waals surface area contributed by atoms with E-state index in [1.807, 2.05) is 19.2 Å². The van der Waals surface area contributed by atoms with E-state index < -0.39 is 0 Å². The van der Waals surface area contributed by atoms with Gasteiger partial charge in [0.2, 0.25) is 0 Å². The molecule has 4 heterocycles. The zero-order chi connectivity index (χ0) is 14.2. The van der Waals surface area contributed by atoms with E-state index in [4.69, 9.17) is 0 Å². The molecule has 0 spiro atoms. The molecule has 0 unspecified atom stereocenters. The summed E-state index contributed by atoms with van der Waals surface area (Å²) in [5.74, 6) is 3.58. The molecule has 3 aromatic rings. The molecule has 0 aliphatic carbocycles. The van der Waals surface area contributed by atoms with E-state index in [0.717, 1.165) is 54.4 Å². The Hall–Kier alpha value is -2.44. The molecule has 2 N–H and O–H groups in total. The van der Waals surface area contributed by atoms with E-state index in [0.29, 0.717) is 5.92 Å². The van der Waals surface area contributed by atoms with E-state index in [-0.39, 0.29) is 0 Å². The maximum absolute atomic E-state index is 4.34. The smallest absolute Gasteiger partial charge is 0.142 e. The first-order chi connectivity index (χ1) is 10.3. The van der Waals surface area contributed by atoms with Crippen LogP contribution in [0.4, 0.5) is 5.82 Å². The second-order valence-corrected chi connectivity index (χ2v) is 5.52. The molecule has 0 saturated heterocycles. The van der Waals surface area contributed by atoms with Crippen LogP contribution in [0, 0.1) is 12.8 Å². The van der Waals surface area contributed by atoms with Gasteiger partial charge in [-0.25, -0.2) is 9.97 Å². The largest absolute Gasteiger partial charge is 0.369 e. The highest BCUT2D eigenvalue weighted by Gasteiger charge is 2.21. The van der Waals surface area contributed by atoms with Gasteiger partial charge in [0, 0.05) is 25.7 Å². The number of anilines is 1. The number of nitrogens with zero attached hydrogens (tertiary/aromatic N) is 5. The summed E-state index contributed by atoms with van der Waals surface area (Å²) < 4.78 is 2.22. The molecule has 0 amide bonds. The standard InChI is InChI=1S/C14H17N7/c1-9-19-20-12-3-2-10(7-21(9)12)6-16-14-11-4-5-15-13(11)17-8-18-14/h4-5,8,10H,2-3,6-7H2,1H3,(H2,15,16,17,18)/t10-/m1/s1. The summed E-state index contributed by atoms with van der Waals surface area (Å²) in [6.45, 7) is 3.89. The molecule has 0 radical (unpaired) electrons. The Labute approximate surface area is 121 Å². The number of aryl methyl sites for hydroxylation is 2. The molecule has 1 aliphatic rings. The number of hydrogen-bond donors (Lipinski definition) is 2. The number of aromatic nitrogens is 6. The summed E-state index contributed by atoms with van der Waals surface area (Å²) in [4.78, 5) is 11.6. The van der Waals surface area contributed by atoms with E-state index >= 15 is 0 Å². The highest BCUT2D eigenvalue weighted by molar-refractivity contribution is 5.86. The minimum absolute atomic E-state index is 0.566. The fourth-order valence-corrected chi connectivity index (χ4v) is 2.95. The van der Waals surface area contributed by atoms with Gasteiger partial charge in [0.15, 0.2) is 0 Å². The van der Waals surface area contributed by atoms with Crippen LogP contribution in [0.15, 0.2) is 18.6 Å². The van der Waals surface area contributed by atoms with Gasteiger partial charge in [0.05, 0.1) is 5.39 Å². The third kappa shape index (κ3) is 2.14. The Kier molecular flexibility index (Phi) is 2.83. The number of fused-ring (bicyclic) bond motifs is 2. The minimum atomic E-state index is 0.566. The lowest BCUT2D eigenvalue weighted by Crippen LogP contribution is -2.27. The van der Waals surface area contributed by atoms with Gasteiger partial charge in [-0.05, 0) is 25.3 Å². The maximum Gasteiger partial charge on any atom is 0.142 e. The molecule has 7 nitrogen and oxygen atoms in total. The van der Waals surface area contributed by atoms with Crippen molar-refractivity contribution >= 4 is 16.9 Å². The minimum Gasteiger partial charge on any atom is -0.369 e. The number of H-pyrrole nitrogens is 1. The topological polar surface area (TPSA) is 84.3 Å². The van der Waals surface area contributed by atoms with Crippen LogP contribution in [0.1, 0.15) is 18.1 Å². The van der Waals surface area contributed by atoms with Crippen molar-refractivity contribution < 1.29 is 0 Å². The van der Waals surface area contributed by atoms with Gasteiger partial charge >= 0.3 is 0 Å². The third-order valence-electron chi connectivity index (χ3n) is 4.14. The SMILES string of the molecule is Cc1nnc2n1C[C@@H](CNc1ncnc3[nH]ccc13)CC2. The van der Waals surface area contributed by atoms with Crippen molar-refractivity contribution in [3.05, 3.63) is 30.2 Å². The molecule has 0 fully saturated rings. The van der Waals surface area contributed by atoms with Crippen molar-refractivity contribution in [1.82, 2.24) is 29.7 Å². The summed E-state index contributed by atoms with van der Waals surface area (Å²) in [6.07, 6.45) is 5.60. The first-order valence-electron chi connectivity index (χ1n) is 7.22. The molecule has 0 aromatic carbocycles. The van der Waals surface area contributed by atoms with Crippen molar-refractivity contribution in [3.63, 3.8) is 0 Å². The van der Waals surface area contributed by atoms with Gasteiger partial charge in [0.1, 0.15) is 29.4 Å². The number of aromatic amines is 1. The normalized spacial score (nSPS) is 17.9. The maximum atomic E-state index is 4.34. The molecule has 0 bridgehead atoms. The van der Waals surface area contributed by atoms with Crippen molar-refractivity contribution in [3.8, 4) is 0 Å². The summed E-state index contributed by atoms with van der Waals surface area (Å²) in [5.41, 5.74) is 0.869. The monoisotopic (exact) mass is 283 g/mol. The van der Waals surface area contributed by atoms with Crippen LogP contribution in [-0.4, -0.2) is 36.3 Å². The fourth-order valence-electron chi connectivity index (χ4n) is 2.95. The highest BCUT2D eigenvalue weighted by atomic mass is 15.3. The van der Waals surface area contributed by atoms with Crippen LogP contribution >= 0.6 is 0 Å². The Morgan fingerprint density at radius 3 is 3.29 bits per heavy atom. The van der Waals surface area contributed by atoms with Gasteiger partial charge < -0.3 is 14.9 Å². The van der Waals surface area contributed by atoms with Gasteiger partial charge in [-0.2, -0.15) is 0 Å². The molecule has 4 rings (SSSR count). The fraction of sp³-hybridized carbons (Fsp3) is 0.429. The van der Waals surface area contributed by atoms with Gasteiger partial charge in [-0.1, -0.05) is 0 Å². The summed E-state index contributed by atoms with van der Waals surface area (Å²) in [5, 5.41) is 12.9. The summed E-state index contributed by atoms with van der Waals surface area (Å²) in [7, 11) is 0. The Morgan fingerprint density at radius 1 is 1.38 bits per heavy atom. The van der Waals surface area contributed by atoms with Crippen LogP contribution in [0.3, 0.4) is 0 Å². The second kappa shape index (κ2) is 4.83. The van der Waals surface area contributed by atoms with Crippen LogP contribution in [-0.2, 0) is 13.0 Å². The van der Waals surface area contributed by atoms with Crippen molar-refractivity contribution in [1.29, 1.82) is 0 Å². The van der Waals surface area contributed by atoms with Gasteiger partial charge in [0.25, 0.3) is 0 Å². The lowest BCUT2D eigenvalue weighted by molar-refractivity contribution is 0.377. The lowest BCUT2D eigenvalue weighted by atomic mass is 9.99. The van der Waals surface area contributed by atoms with Gasteiger partial charge in [-0.3, -0.25) is 0 Å². The van der Waals surface area contributed by atoms with Crippen molar-refractivity contribution in [2.45, 2.75) is 26.3 Å². The van der Waals surface area contributed by atoms with E-state index in [1.165, 1.54) is 0 Å². The lowest BCUT2D eigenvalue weighted by Gasteiger charge is -2.24. The van der Waals surface area contributed by atoms with Crippen LogP contribution in [0.5, 0.6) is 0 Å². The average Bonchev–Trinajstić information content (AvgIpc) is 3.12. The molecule has 0 saturated carbocycles. The Balaban J connectivity index is 1.48. The average molecular weight is 283 g/mol. The van der Waals surface area contributed by atoms with Crippen LogP contribution in [0.2, 0.25) is 0 Å². The summed E-state index contributed by atoms with van der Waals surface area (Å²) in [6, 6.07) is 2.00. The highest BCUT2D eigenvalue weighted by Crippen LogP contribution is 2.22. The zero-order valence-corrected chi connectivity index (χ0v) is 11.9. The molecule has 21 heavy (non-hydrogen) atoms. The molecule has 1 atom stereocenters. The molecular formula is C14H17N7. The molecular weight excluding hydrogens is 266 g/mol. The van der Waals surface area contributed by atoms with E-state index in [1.54, 1.807) is 6.33 Å². The summed E-state index contributed by atoms with van der Waals surface area (Å²) >= 11 is 0. The third-order valence-corrected chi connectivity index (χ3v) is 4.14. The Morgan fingerprint density at radius 2 is 2.33 bits per heavy atom. The van der Waals surface area contributed by atoms with E-state index in [2.05, 4.69) is 35.0 Å². The second-order valence-electron chi connectivity index (χ2n) is 5.52.